The fraction of sp³-hybridized carbons (Fsp3) is 0.450. The number of carboxylic acids is 1. The van der Waals surface area contributed by atoms with Crippen molar-refractivity contribution in [3.63, 3.8) is 0 Å². The SMILES string of the molecule is COC1=C(C(=O)O)C(C)=CC(N2CCOC[C@H]2C)N1Cc1cc(F)cc(F)c1. The molecule has 8 heteroatoms. The van der Waals surface area contributed by atoms with Crippen LogP contribution in [0.4, 0.5) is 8.78 Å². The van der Waals surface area contributed by atoms with Crippen molar-refractivity contribution in [2.75, 3.05) is 26.9 Å². The van der Waals surface area contributed by atoms with Crippen LogP contribution in [0.1, 0.15) is 19.4 Å². The zero-order valence-electron chi connectivity index (χ0n) is 16.1. The molecule has 2 heterocycles. The molecular weight excluding hydrogens is 370 g/mol. The van der Waals surface area contributed by atoms with Crippen LogP contribution in [0.2, 0.25) is 0 Å². The minimum Gasteiger partial charge on any atom is -0.482 e. The summed E-state index contributed by atoms with van der Waals surface area (Å²) < 4.78 is 38.4. The van der Waals surface area contributed by atoms with Gasteiger partial charge in [-0.1, -0.05) is 0 Å². The quantitative estimate of drug-likeness (QED) is 0.829. The van der Waals surface area contributed by atoms with E-state index < -0.39 is 17.6 Å². The largest absolute Gasteiger partial charge is 0.482 e. The van der Waals surface area contributed by atoms with E-state index >= 15 is 0 Å². The number of hydrogen-bond donors (Lipinski definition) is 1. The van der Waals surface area contributed by atoms with Gasteiger partial charge in [-0.2, -0.15) is 0 Å². The molecule has 1 fully saturated rings. The summed E-state index contributed by atoms with van der Waals surface area (Å²) in [5.41, 5.74) is 1.00. The maximum Gasteiger partial charge on any atom is 0.341 e. The van der Waals surface area contributed by atoms with E-state index in [0.717, 1.165) is 6.07 Å². The van der Waals surface area contributed by atoms with Crippen molar-refractivity contribution in [3.05, 3.63) is 58.5 Å². The molecule has 1 aromatic carbocycles. The zero-order valence-corrected chi connectivity index (χ0v) is 16.1. The van der Waals surface area contributed by atoms with Gasteiger partial charge in [-0.05, 0) is 43.2 Å². The summed E-state index contributed by atoms with van der Waals surface area (Å²) in [6.45, 7) is 5.57. The lowest BCUT2D eigenvalue weighted by Gasteiger charge is -2.46. The predicted octanol–water partition coefficient (Wildman–Crippen LogP) is 2.72. The van der Waals surface area contributed by atoms with Crippen molar-refractivity contribution in [1.82, 2.24) is 9.80 Å². The molecule has 2 aliphatic rings. The van der Waals surface area contributed by atoms with Crippen LogP contribution >= 0.6 is 0 Å². The highest BCUT2D eigenvalue weighted by molar-refractivity contribution is 5.92. The van der Waals surface area contributed by atoms with Gasteiger partial charge in [-0.3, -0.25) is 4.90 Å². The molecule has 0 aromatic heterocycles. The van der Waals surface area contributed by atoms with Gasteiger partial charge in [0, 0.05) is 25.2 Å². The third-order valence-corrected chi connectivity index (χ3v) is 5.03. The second kappa shape index (κ2) is 8.28. The van der Waals surface area contributed by atoms with Crippen molar-refractivity contribution in [2.45, 2.75) is 32.6 Å². The first-order valence-electron chi connectivity index (χ1n) is 9.07. The highest BCUT2D eigenvalue weighted by Crippen LogP contribution is 2.32. The molecule has 1 N–H and O–H groups in total. The highest BCUT2D eigenvalue weighted by Gasteiger charge is 2.37. The third kappa shape index (κ3) is 4.02. The van der Waals surface area contributed by atoms with Crippen molar-refractivity contribution in [2.24, 2.45) is 0 Å². The van der Waals surface area contributed by atoms with Crippen LogP contribution in [0, 0.1) is 11.6 Å². The van der Waals surface area contributed by atoms with E-state index in [1.165, 1.54) is 19.2 Å². The molecule has 0 amide bonds. The van der Waals surface area contributed by atoms with E-state index in [9.17, 15) is 18.7 Å². The summed E-state index contributed by atoms with van der Waals surface area (Å²) in [6.07, 6.45) is 1.52. The molecule has 152 valence electrons. The second-order valence-electron chi connectivity index (χ2n) is 7.02. The first kappa shape index (κ1) is 20.3. The predicted molar refractivity (Wildman–Crippen MR) is 98.1 cm³/mol. The normalized spacial score (nSPS) is 23.6. The Morgan fingerprint density at radius 1 is 1.32 bits per heavy atom. The number of carbonyl (C=O) groups is 1. The van der Waals surface area contributed by atoms with Gasteiger partial charge in [0.15, 0.2) is 0 Å². The van der Waals surface area contributed by atoms with Crippen molar-refractivity contribution < 1.29 is 28.2 Å². The monoisotopic (exact) mass is 394 g/mol. The number of rotatable bonds is 5. The van der Waals surface area contributed by atoms with Crippen LogP contribution in [0.3, 0.4) is 0 Å². The number of nitrogens with zero attached hydrogens (tertiary/aromatic N) is 2. The molecule has 0 saturated carbocycles. The summed E-state index contributed by atoms with van der Waals surface area (Å²) in [5.74, 6) is -2.32. The zero-order chi connectivity index (χ0) is 20.4. The molecule has 2 atom stereocenters. The lowest BCUT2D eigenvalue weighted by molar-refractivity contribution is -0.133. The van der Waals surface area contributed by atoms with Crippen molar-refractivity contribution >= 4 is 5.97 Å². The minimum absolute atomic E-state index is 0.0385. The molecule has 6 nitrogen and oxygen atoms in total. The Hall–Kier alpha value is -2.45. The number of carboxylic acid groups (broad SMARTS) is 1. The first-order chi connectivity index (χ1) is 13.3. The average molecular weight is 394 g/mol. The Balaban J connectivity index is 2.05. The van der Waals surface area contributed by atoms with E-state index in [1.807, 2.05) is 13.0 Å². The van der Waals surface area contributed by atoms with Crippen molar-refractivity contribution in [3.8, 4) is 0 Å². The number of halogens is 2. The van der Waals surface area contributed by atoms with E-state index in [-0.39, 0.29) is 30.2 Å². The number of hydrogen-bond acceptors (Lipinski definition) is 5. The van der Waals surface area contributed by atoms with Gasteiger partial charge in [-0.25, -0.2) is 13.6 Å². The summed E-state index contributed by atoms with van der Waals surface area (Å²) in [4.78, 5) is 15.7. The molecule has 0 aliphatic carbocycles. The molecular formula is C20H24F2N2O4. The Labute approximate surface area is 162 Å². The van der Waals surface area contributed by atoms with E-state index in [4.69, 9.17) is 9.47 Å². The molecule has 1 unspecified atom stereocenters. The van der Waals surface area contributed by atoms with E-state index in [0.29, 0.717) is 30.9 Å². The van der Waals surface area contributed by atoms with Gasteiger partial charge in [0.1, 0.15) is 23.4 Å². The maximum atomic E-state index is 13.7. The molecule has 3 rings (SSSR count). The fourth-order valence-electron chi connectivity index (χ4n) is 3.78. The third-order valence-electron chi connectivity index (χ3n) is 5.03. The smallest absolute Gasteiger partial charge is 0.341 e. The topological polar surface area (TPSA) is 62.2 Å². The Bertz CT molecular complexity index is 804. The van der Waals surface area contributed by atoms with E-state index in [1.54, 1.807) is 11.8 Å². The molecule has 0 spiro atoms. The van der Waals surface area contributed by atoms with Gasteiger partial charge in [-0.15, -0.1) is 0 Å². The number of aliphatic carboxylic acids is 1. The highest BCUT2D eigenvalue weighted by atomic mass is 19.1. The average Bonchev–Trinajstić information content (AvgIpc) is 2.61. The van der Waals surface area contributed by atoms with Crippen LogP contribution in [-0.2, 0) is 20.8 Å². The van der Waals surface area contributed by atoms with Gasteiger partial charge >= 0.3 is 5.97 Å². The summed E-state index contributed by atoms with van der Waals surface area (Å²) in [6, 6.07) is 3.36. The van der Waals surface area contributed by atoms with Crippen LogP contribution in [0.5, 0.6) is 0 Å². The maximum absolute atomic E-state index is 13.7. The summed E-state index contributed by atoms with van der Waals surface area (Å²) in [7, 11) is 1.40. The molecule has 0 radical (unpaired) electrons. The molecule has 2 aliphatic heterocycles. The molecule has 1 aromatic rings. The lowest BCUT2D eigenvalue weighted by Crippen LogP contribution is -2.56. The van der Waals surface area contributed by atoms with Gasteiger partial charge in [0.25, 0.3) is 0 Å². The van der Waals surface area contributed by atoms with Crippen LogP contribution in [-0.4, -0.2) is 60.0 Å². The van der Waals surface area contributed by atoms with Gasteiger partial charge < -0.3 is 19.5 Å². The fourth-order valence-corrected chi connectivity index (χ4v) is 3.78. The van der Waals surface area contributed by atoms with Gasteiger partial charge in [0.05, 0.1) is 20.3 Å². The van der Waals surface area contributed by atoms with Crippen molar-refractivity contribution in [1.29, 1.82) is 0 Å². The molecule has 28 heavy (non-hydrogen) atoms. The van der Waals surface area contributed by atoms with Gasteiger partial charge in [0.2, 0.25) is 5.88 Å². The summed E-state index contributed by atoms with van der Waals surface area (Å²) >= 11 is 0. The summed E-state index contributed by atoms with van der Waals surface area (Å²) in [5, 5.41) is 9.67. The standard InChI is InChI=1S/C20H24F2N2O4/c1-12-6-17(23-4-5-28-11-13(23)2)24(19(27-3)18(12)20(25)26)10-14-7-15(21)9-16(22)8-14/h6-9,13,17H,4-5,10-11H2,1-3H3,(H,25,26)/t13-,17?/m1/s1. The molecule has 1 saturated heterocycles. The van der Waals surface area contributed by atoms with E-state index in [2.05, 4.69) is 4.90 Å². The minimum atomic E-state index is -1.12. The lowest BCUT2D eigenvalue weighted by atomic mass is 10.0. The Morgan fingerprint density at radius 2 is 2.00 bits per heavy atom. The second-order valence-corrected chi connectivity index (χ2v) is 7.02. The first-order valence-corrected chi connectivity index (χ1v) is 9.07. The van der Waals surface area contributed by atoms with Crippen LogP contribution in [0.25, 0.3) is 0 Å². The van der Waals surface area contributed by atoms with Crippen LogP contribution in [0.15, 0.2) is 41.3 Å². The number of benzene rings is 1. The number of morpholine rings is 1. The Morgan fingerprint density at radius 3 is 2.57 bits per heavy atom. The molecule has 0 bridgehead atoms. The number of methoxy groups -OCH3 is 1. The number of ether oxygens (including phenoxy) is 2. The Kier molecular flexibility index (Phi) is 6.00. The van der Waals surface area contributed by atoms with Crippen LogP contribution < -0.4 is 0 Å².